The van der Waals surface area contributed by atoms with Gasteiger partial charge in [0.1, 0.15) is 11.6 Å². The number of hydrogen-bond donors (Lipinski definition) is 2. The zero-order valence-corrected chi connectivity index (χ0v) is 15.9. The summed E-state index contributed by atoms with van der Waals surface area (Å²) in [7, 11) is 0. The minimum atomic E-state index is -1.10. The summed E-state index contributed by atoms with van der Waals surface area (Å²) in [5.41, 5.74) is 3.16. The Morgan fingerprint density at radius 1 is 1.19 bits per heavy atom. The smallest absolute Gasteiger partial charge is 0.408 e. The molecule has 0 fully saturated rings. The number of nitrogens with zero attached hydrogens (tertiary/aromatic N) is 1. The average molecular weight is 358 g/mol. The van der Waals surface area contributed by atoms with Gasteiger partial charge >= 0.3 is 12.1 Å². The van der Waals surface area contributed by atoms with Crippen LogP contribution in [0, 0.1) is 13.8 Å². The summed E-state index contributed by atoms with van der Waals surface area (Å²) in [5, 5.41) is 11.9. The summed E-state index contributed by atoms with van der Waals surface area (Å²) >= 11 is 0. The molecule has 0 saturated carbocycles. The van der Waals surface area contributed by atoms with Crippen LogP contribution in [0.25, 0.3) is 5.69 Å². The highest BCUT2D eigenvalue weighted by Crippen LogP contribution is 2.22. The summed E-state index contributed by atoms with van der Waals surface area (Å²) in [4.78, 5) is 23.5. The SMILES string of the molecule is Cc1cc(CC(NC(=O)OC(C)(C)C)C(=O)O)c(C)n1-c1ccccc1. The Labute approximate surface area is 153 Å². The van der Waals surface area contributed by atoms with Crippen LogP contribution in [0.3, 0.4) is 0 Å². The number of aryl methyl sites for hydroxylation is 1. The molecular formula is C20H26N2O4. The fourth-order valence-corrected chi connectivity index (χ4v) is 2.88. The van der Waals surface area contributed by atoms with Gasteiger partial charge in [0.25, 0.3) is 0 Å². The second kappa shape index (κ2) is 7.64. The third-order valence-corrected chi connectivity index (χ3v) is 3.96. The number of carboxylic acid groups (broad SMARTS) is 1. The highest BCUT2D eigenvalue weighted by Gasteiger charge is 2.25. The molecule has 2 rings (SSSR count). The molecule has 140 valence electrons. The first-order valence-electron chi connectivity index (χ1n) is 8.54. The predicted octanol–water partition coefficient (Wildman–Crippen LogP) is 3.61. The maximum absolute atomic E-state index is 11.9. The zero-order valence-electron chi connectivity index (χ0n) is 15.9. The lowest BCUT2D eigenvalue weighted by Crippen LogP contribution is -2.44. The van der Waals surface area contributed by atoms with Crippen LogP contribution in [0.4, 0.5) is 4.79 Å². The number of rotatable bonds is 5. The Morgan fingerprint density at radius 3 is 2.35 bits per heavy atom. The van der Waals surface area contributed by atoms with Gasteiger partial charge in [0.15, 0.2) is 0 Å². The summed E-state index contributed by atoms with van der Waals surface area (Å²) in [6, 6.07) is 10.7. The van der Waals surface area contributed by atoms with Crippen LogP contribution in [0.2, 0.25) is 0 Å². The molecule has 0 aliphatic heterocycles. The van der Waals surface area contributed by atoms with E-state index < -0.39 is 23.7 Å². The Hall–Kier alpha value is -2.76. The van der Waals surface area contributed by atoms with E-state index in [0.717, 1.165) is 22.6 Å². The van der Waals surface area contributed by atoms with Crippen molar-refractivity contribution in [1.29, 1.82) is 0 Å². The quantitative estimate of drug-likeness (QED) is 0.855. The van der Waals surface area contributed by atoms with Crippen LogP contribution in [0.15, 0.2) is 36.4 Å². The molecule has 6 nitrogen and oxygen atoms in total. The number of amides is 1. The van der Waals surface area contributed by atoms with Gasteiger partial charge in [0.05, 0.1) is 0 Å². The van der Waals surface area contributed by atoms with E-state index in [2.05, 4.69) is 9.88 Å². The Bertz CT molecular complexity index is 788. The molecule has 0 aliphatic rings. The lowest BCUT2D eigenvalue weighted by Gasteiger charge is -2.22. The fourth-order valence-electron chi connectivity index (χ4n) is 2.88. The number of carbonyl (C=O) groups excluding carboxylic acids is 1. The van der Waals surface area contributed by atoms with Gasteiger partial charge in [-0.05, 0) is 58.4 Å². The lowest BCUT2D eigenvalue weighted by atomic mass is 10.1. The summed E-state index contributed by atoms with van der Waals surface area (Å²) < 4.78 is 7.24. The topological polar surface area (TPSA) is 80.6 Å². The number of benzene rings is 1. The van der Waals surface area contributed by atoms with E-state index in [1.54, 1.807) is 20.8 Å². The highest BCUT2D eigenvalue weighted by molar-refractivity contribution is 5.80. The second-order valence-corrected chi connectivity index (χ2v) is 7.31. The maximum atomic E-state index is 11.9. The Kier molecular flexibility index (Phi) is 5.75. The number of aromatic nitrogens is 1. The van der Waals surface area contributed by atoms with Crippen LogP contribution >= 0.6 is 0 Å². The van der Waals surface area contributed by atoms with Gasteiger partial charge in [-0.25, -0.2) is 9.59 Å². The normalized spacial score (nSPS) is 12.5. The molecule has 0 aliphatic carbocycles. The number of carbonyl (C=O) groups is 2. The van der Waals surface area contributed by atoms with Crippen molar-refractivity contribution in [1.82, 2.24) is 9.88 Å². The van der Waals surface area contributed by atoms with Gasteiger partial charge in [-0.2, -0.15) is 0 Å². The van der Waals surface area contributed by atoms with Crippen LogP contribution < -0.4 is 5.32 Å². The summed E-state index contributed by atoms with van der Waals surface area (Å²) in [6.07, 6.45) is -0.553. The molecule has 0 bridgehead atoms. The van der Waals surface area contributed by atoms with Gasteiger partial charge in [-0.15, -0.1) is 0 Å². The Morgan fingerprint density at radius 2 is 1.81 bits per heavy atom. The molecule has 1 amide bonds. The van der Waals surface area contributed by atoms with E-state index >= 15 is 0 Å². The average Bonchev–Trinajstić information content (AvgIpc) is 2.79. The standard InChI is InChI=1S/C20H26N2O4/c1-13-11-15(14(2)22(13)16-9-7-6-8-10-16)12-17(18(23)24)21-19(25)26-20(3,4)5/h6-11,17H,12H2,1-5H3,(H,21,25)(H,23,24). The van der Waals surface area contributed by atoms with Crippen LogP contribution in [-0.4, -0.2) is 33.4 Å². The van der Waals surface area contributed by atoms with Crippen molar-refractivity contribution in [2.45, 2.75) is 52.7 Å². The molecule has 0 saturated heterocycles. The molecule has 0 radical (unpaired) electrons. The van der Waals surface area contributed by atoms with Gasteiger partial charge in [-0.3, -0.25) is 0 Å². The number of ether oxygens (including phenoxy) is 1. The third-order valence-electron chi connectivity index (χ3n) is 3.96. The van der Waals surface area contributed by atoms with E-state index in [9.17, 15) is 14.7 Å². The van der Waals surface area contributed by atoms with Crippen molar-refractivity contribution in [3.05, 3.63) is 53.3 Å². The molecule has 1 atom stereocenters. The molecular weight excluding hydrogens is 332 g/mol. The number of aliphatic carboxylic acids is 1. The number of alkyl carbamates (subject to hydrolysis) is 1. The third kappa shape index (κ3) is 4.88. The van der Waals surface area contributed by atoms with Crippen molar-refractivity contribution >= 4 is 12.1 Å². The molecule has 2 N–H and O–H groups in total. The summed E-state index contributed by atoms with van der Waals surface area (Å²) in [6.45, 7) is 9.11. The van der Waals surface area contributed by atoms with Gasteiger partial charge < -0.3 is 19.7 Å². The molecule has 1 heterocycles. The highest BCUT2D eigenvalue weighted by atomic mass is 16.6. The van der Waals surface area contributed by atoms with E-state index in [1.165, 1.54) is 0 Å². The van der Waals surface area contributed by atoms with Gasteiger partial charge in [0.2, 0.25) is 0 Å². The molecule has 6 heteroatoms. The Balaban J connectivity index is 2.22. The molecule has 0 spiro atoms. The van der Waals surface area contributed by atoms with Crippen molar-refractivity contribution in [3.8, 4) is 5.69 Å². The fraction of sp³-hybridized carbons (Fsp3) is 0.400. The van der Waals surface area contributed by atoms with Crippen molar-refractivity contribution in [2.75, 3.05) is 0 Å². The minimum absolute atomic E-state index is 0.182. The van der Waals surface area contributed by atoms with Gasteiger partial charge in [0, 0.05) is 23.5 Å². The number of nitrogens with one attached hydrogen (secondary N) is 1. The predicted molar refractivity (Wildman–Crippen MR) is 99.7 cm³/mol. The second-order valence-electron chi connectivity index (χ2n) is 7.31. The van der Waals surface area contributed by atoms with Crippen molar-refractivity contribution in [2.24, 2.45) is 0 Å². The number of hydrogen-bond acceptors (Lipinski definition) is 3. The van der Waals surface area contributed by atoms with Crippen LogP contribution in [0.5, 0.6) is 0 Å². The molecule has 26 heavy (non-hydrogen) atoms. The van der Waals surface area contributed by atoms with E-state index in [1.807, 2.05) is 50.2 Å². The maximum Gasteiger partial charge on any atom is 0.408 e. The first-order valence-corrected chi connectivity index (χ1v) is 8.54. The molecule has 1 aromatic heterocycles. The first-order chi connectivity index (χ1) is 12.1. The molecule has 2 aromatic rings. The van der Waals surface area contributed by atoms with E-state index in [-0.39, 0.29) is 6.42 Å². The van der Waals surface area contributed by atoms with Crippen molar-refractivity contribution < 1.29 is 19.4 Å². The van der Waals surface area contributed by atoms with Crippen LogP contribution in [-0.2, 0) is 16.0 Å². The van der Waals surface area contributed by atoms with Crippen LogP contribution in [0.1, 0.15) is 37.7 Å². The molecule has 1 aromatic carbocycles. The first kappa shape index (κ1) is 19.6. The van der Waals surface area contributed by atoms with Crippen molar-refractivity contribution in [3.63, 3.8) is 0 Å². The molecule has 1 unspecified atom stereocenters. The zero-order chi connectivity index (χ0) is 19.5. The largest absolute Gasteiger partial charge is 0.480 e. The van der Waals surface area contributed by atoms with E-state index in [0.29, 0.717) is 0 Å². The number of carboxylic acids is 1. The minimum Gasteiger partial charge on any atom is -0.480 e. The lowest BCUT2D eigenvalue weighted by molar-refractivity contribution is -0.139. The van der Waals surface area contributed by atoms with E-state index in [4.69, 9.17) is 4.74 Å². The monoisotopic (exact) mass is 358 g/mol. The van der Waals surface area contributed by atoms with Gasteiger partial charge in [-0.1, -0.05) is 18.2 Å². The number of para-hydroxylation sites is 1. The summed E-state index contributed by atoms with van der Waals surface area (Å²) in [5.74, 6) is -1.10.